The number of ether oxygens (including phenoxy) is 1. The Balaban J connectivity index is 1.46. The van der Waals surface area contributed by atoms with Crippen LogP contribution >= 0.6 is 23.2 Å². The number of nitrogens with one attached hydrogen (secondary N) is 1. The smallest absolute Gasteiger partial charge is 0.246 e. The summed E-state index contributed by atoms with van der Waals surface area (Å²) >= 11 is 12.5. The molecule has 188 valence electrons. The van der Waals surface area contributed by atoms with Crippen molar-refractivity contribution in [2.75, 3.05) is 13.2 Å². The molecule has 8 heteroatoms. The van der Waals surface area contributed by atoms with Gasteiger partial charge in [0.2, 0.25) is 11.8 Å². The number of hydrogen-bond acceptors (Lipinski definition) is 3. The number of halogens is 2. The molecule has 2 amide bonds. The van der Waals surface area contributed by atoms with Crippen LogP contribution in [0.5, 0.6) is 5.75 Å². The van der Waals surface area contributed by atoms with Gasteiger partial charge in [-0.1, -0.05) is 65.7 Å². The summed E-state index contributed by atoms with van der Waals surface area (Å²) in [5, 5.41) is 2.06. The Morgan fingerprint density at radius 2 is 1.81 bits per heavy atom. The van der Waals surface area contributed by atoms with Crippen molar-refractivity contribution in [1.82, 2.24) is 14.8 Å². The summed E-state index contributed by atoms with van der Waals surface area (Å²) in [5.74, 6) is 0.492. The predicted molar refractivity (Wildman–Crippen MR) is 144 cm³/mol. The SMILES string of the molecule is CCOc1ccccc1C1c2[nH]c3ccccc3c2C[C@H]2C(=O)N(Cc3ccc(Cl)cc3Cl)CC(=O)N12. The van der Waals surface area contributed by atoms with Crippen molar-refractivity contribution < 1.29 is 14.3 Å². The van der Waals surface area contributed by atoms with E-state index in [-0.39, 0.29) is 24.9 Å². The van der Waals surface area contributed by atoms with E-state index in [1.807, 2.05) is 49.4 Å². The van der Waals surface area contributed by atoms with Gasteiger partial charge in [-0.3, -0.25) is 9.59 Å². The number of fused-ring (bicyclic) bond motifs is 4. The van der Waals surface area contributed by atoms with E-state index in [0.29, 0.717) is 28.8 Å². The second kappa shape index (κ2) is 9.43. The summed E-state index contributed by atoms with van der Waals surface area (Å²) in [6, 6.07) is 19.9. The van der Waals surface area contributed by atoms with Crippen molar-refractivity contribution in [3.05, 3.63) is 99.2 Å². The number of piperazine rings is 1. The van der Waals surface area contributed by atoms with Crippen LogP contribution in [-0.2, 0) is 22.6 Å². The number of benzene rings is 3. The molecule has 0 aliphatic carbocycles. The molecule has 1 aromatic heterocycles. The first kappa shape index (κ1) is 23.9. The Hall–Kier alpha value is -3.48. The highest BCUT2D eigenvalue weighted by Crippen LogP contribution is 2.45. The highest BCUT2D eigenvalue weighted by Gasteiger charge is 2.48. The first-order valence-electron chi connectivity index (χ1n) is 12.3. The minimum Gasteiger partial charge on any atom is -0.494 e. The summed E-state index contributed by atoms with van der Waals surface area (Å²) in [6.45, 7) is 2.64. The zero-order valence-corrected chi connectivity index (χ0v) is 21.7. The van der Waals surface area contributed by atoms with Crippen molar-refractivity contribution >= 4 is 45.9 Å². The molecule has 0 saturated carbocycles. The van der Waals surface area contributed by atoms with E-state index >= 15 is 0 Å². The molecule has 1 fully saturated rings. The molecule has 6 nitrogen and oxygen atoms in total. The third-order valence-electron chi connectivity index (χ3n) is 7.23. The topological polar surface area (TPSA) is 65.6 Å². The number of aromatic nitrogens is 1. The molecule has 4 aromatic rings. The van der Waals surface area contributed by atoms with Crippen LogP contribution in [0.2, 0.25) is 10.0 Å². The van der Waals surface area contributed by atoms with Gasteiger partial charge in [0.25, 0.3) is 0 Å². The number of para-hydroxylation sites is 2. The van der Waals surface area contributed by atoms with Gasteiger partial charge >= 0.3 is 0 Å². The maximum atomic E-state index is 14.0. The molecule has 2 aliphatic rings. The van der Waals surface area contributed by atoms with E-state index in [0.717, 1.165) is 33.3 Å². The highest BCUT2D eigenvalue weighted by atomic mass is 35.5. The molecular weight excluding hydrogens is 509 g/mol. The molecule has 3 heterocycles. The molecule has 1 saturated heterocycles. The first-order chi connectivity index (χ1) is 18.0. The summed E-state index contributed by atoms with van der Waals surface area (Å²) in [4.78, 5) is 34.7. The average Bonchev–Trinajstić information content (AvgIpc) is 3.26. The van der Waals surface area contributed by atoms with Crippen LogP contribution in [0, 0.1) is 0 Å². The Labute approximate surface area is 224 Å². The minimum atomic E-state index is -0.640. The summed E-state index contributed by atoms with van der Waals surface area (Å²) in [6.07, 6.45) is 0.433. The number of amides is 2. The van der Waals surface area contributed by atoms with Gasteiger partial charge in [-0.2, -0.15) is 0 Å². The van der Waals surface area contributed by atoms with Gasteiger partial charge in [-0.25, -0.2) is 0 Å². The Morgan fingerprint density at radius 3 is 2.62 bits per heavy atom. The van der Waals surface area contributed by atoms with Gasteiger partial charge in [-0.15, -0.1) is 0 Å². The maximum absolute atomic E-state index is 14.0. The Morgan fingerprint density at radius 1 is 1.03 bits per heavy atom. The third-order valence-corrected chi connectivity index (χ3v) is 7.82. The fraction of sp³-hybridized carbons (Fsp3) is 0.241. The quantitative estimate of drug-likeness (QED) is 0.354. The molecule has 3 aromatic carbocycles. The summed E-state index contributed by atoms with van der Waals surface area (Å²) < 4.78 is 5.97. The fourth-order valence-electron chi connectivity index (χ4n) is 5.63. The van der Waals surface area contributed by atoms with Crippen LogP contribution in [-0.4, -0.2) is 45.8 Å². The lowest BCUT2D eigenvalue weighted by Gasteiger charge is -2.47. The summed E-state index contributed by atoms with van der Waals surface area (Å²) in [5.41, 5.74) is 4.58. The van der Waals surface area contributed by atoms with Gasteiger partial charge in [0.15, 0.2) is 0 Å². The number of carbonyl (C=O) groups excluding carboxylic acids is 2. The first-order valence-corrected chi connectivity index (χ1v) is 13.1. The van der Waals surface area contributed by atoms with Gasteiger partial charge in [0, 0.05) is 45.2 Å². The zero-order chi connectivity index (χ0) is 25.7. The van der Waals surface area contributed by atoms with Crippen molar-refractivity contribution in [2.45, 2.75) is 32.0 Å². The Kier molecular flexibility index (Phi) is 6.09. The molecule has 2 atom stereocenters. The van der Waals surface area contributed by atoms with E-state index in [1.165, 1.54) is 0 Å². The molecule has 1 N–H and O–H groups in total. The van der Waals surface area contributed by atoms with E-state index in [4.69, 9.17) is 27.9 Å². The van der Waals surface area contributed by atoms with E-state index in [9.17, 15) is 9.59 Å². The Bertz CT molecular complexity index is 1530. The van der Waals surface area contributed by atoms with Gasteiger partial charge in [-0.05, 0) is 42.3 Å². The number of H-pyrrole nitrogens is 1. The van der Waals surface area contributed by atoms with Crippen molar-refractivity contribution in [1.29, 1.82) is 0 Å². The van der Waals surface area contributed by atoms with E-state index < -0.39 is 12.1 Å². The molecule has 0 radical (unpaired) electrons. The van der Waals surface area contributed by atoms with E-state index in [2.05, 4.69) is 11.1 Å². The molecule has 0 spiro atoms. The van der Waals surface area contributed by atoms with Crippen LogP contribution in [0.1, 0.15) is 35.3 Å². The van der Waals surface area contributed by atoms with Crippen LogP contribution in [0.4, 0.5) is 0 Å². The van der Waals surface area contributed by atoms with Crippen LogP contribution in [0.15, 0.2) is 66.7 Å². The lowest BCUT2D eigenvalue weighted by molar-refractivity contribution is -0.159. The lowest BCUT2D eigenvalue weighted by Crippen LogP contribution is -2.62. The second-order valence-corrected chi connectivity index (χ2v) is 10.2. The number of carbonyl (C=O) groups is 2. The predicted octanol–water partition coefficient (Wildman–Crippen LogP) is 5.76. The second-order valence-electron chi connectivity index (χ2n) is 9.39. The number of nitrogens with zero attached hydrogens (tertiary/aromatic N) is 2. The van der Waals surface area contributed by atoms with Crippen LogP contribution < -0.4 is 4.74 Å². The van der Waals surface area contributed by atoms with Crippen molar-refractivity contribution in [3.63, 3.8) is 0 Å². The molecule has 6 rings (SSSR count). The van der Waals surface area contributed by atoms with Gasteiger partial charge < -0.3 is 19.5 Å². The summed E-state index contributed by atoms with van der Waals surface area (Å²) in [7, 11) is 0. The van der Waals surface area contributed by atoms with Gasteiger partial charge in [0.1, 0.15) is 24.4 Å². The van der Waals surface area contributed by atoms with Crippen molar-refractivity contribution in [3.8, 4) is 5.75 Å². The molecular formula is C29H25Cl2N3O3. The molecule has 2 aliphatic heterocycles. The van der Waals surface area contributed by atoms with Crippen LogP contribution in [0.3, 0.4) is 0 Å². The van der Waals surface area contributed by atoms with Crippen LogP contribution in [0.25, 0.3) is 10.9 Å². The zero-order valence-electron chi connectivity index (χ0n) is 20.2. The van der Waals surface area contributed by atoms with Gasteiger partial charge in [0.05, 0.1) is 6.61 Å². The van der Waals surface area contributed by atoms with E-state index in [1.54, 1.807) is 28.0 Å². The third kappa shape index (κ3) is 4.05. The fourth-order valence-corrected chi connectivity index (χ4v) is 6.10. The van der Waals surface area contributed by atoms with Crippen molar-refractivity contribution in [2.24, 2.45) is 0 Å². The normalized spacial score (nSPS) is 19.2. The highest BCUT2D eigenvalue weighted by molar-refractivity contribution is 6.35. The maximum Gasteiger partial charge on any atom is 0.246 e. The standard InChI is InChI=1S/C29H25Cl2N3O3/c1-2-37-25-10-6-4-8-20(25)28-27-21(19-7-3-5-9-23(19)32-27)14-24-29(36)33(16-26(35)34(24)28)15-17-11-12-18(30)13-22(17)31/h3-13,24,28,32H,2,14-16H2,1H3/t24-,28?/m0/s1. The number of rotatable bonds is 5. The number of hydrogen-bond donors (Lipinski definition) is 1. The molecule has 37 heavy (non-hydrogen) atoms. The average molecular weight is 534 g/mol. The lowest BCUT2D eigenvalue weighted by atomic mass is 9.85. The largest absolute Gasteiger partial charge is 0.494 e. The minimum absolute atomic E-state index is 0.0306. The molecule has 0 bridgehead atoms. The number of aromatic amines is 1. The monoisotopic (exact) mass is 533 g/mol. The molecule has 1 unspecified atom stereocenters.